The molecular weight excluding hydrogens is 326 g/mol. The van der Waals surface area contributed by atoms with E-state index in [0.717, 1.165) is 22.9 Å². The molecule has 8 heteroatoms. The molecule has 0 spiro atoms. The van der Waals surface area contributed by atoms with Crippen molar-refractivity contribution in [2.45, 2.75) is 45.6 Å². The Labute approximate surface area is 145 Å². The molecule has 0 aromatic carbocycles. The van der Waals surface area contributed by atoms with Gasteiger partial charge in [0.05, 0.1) is 30.3 Å². The number of H-pyrrole nitrogens is 1. The molecule has 0 saturated carbocycles. The molecule has 3 rings (SSSR count). The Hall–Kier alpha value is -1.80. The zero-order valence-electron chi connectivity index (χ0n) is 14.3. The SMILES string of the molecule is CCc1nc(C2CN(C(=O)Cc3csc(C(C)C)n3)CCO2)n[nH]1. The molecule has 130 valence electrons. The first-order chi connectivity index (χ1) is 11.6. The summed E-state index contributed by atoms with van der Waals surface area (Å²) >= 11 is 1.62. The van der Waals surface area contributed by atoms with Crippen LogP contribution in [0, 0.1) is 0 Å². The number of rotatable bonds is 5. The molecule has 2 aromatic heterocycles. The minimum absolute atomic E-state index is 0.0788. The largest absolute Gasteiger partial charge is 0.366 e. The number of hydrogen-bond donors (Lipinski definition) is 1. The van der Waals surface area contributed by atoms with Gasteiger partial charge in [-0.15, -0.1) is 11.3 Å². The van der Waals surface area contributed by atoms with E-state index >= 15 is 0 Å². The molecule has 1 N–H and O–H groups in total. The second kappa shape index (κ2) is 7.40. The minimum Gasteiger partial charge on any atom is -0.366 e. The van der Waals surface area contributed by atoms with Gasteiger partial charge in [0, 0.05) is 24.3 Å². The molecule has 1 aliphatic heterocycles. The molecule has 1 fully saturated rings. The summed E-state index contributed by atoms with van der Waals surface area (Å²) in [7, 11) is 0. The quantitative estimate of drug-likeness (QED) is 0.893. The second-order valence-electron chi connectivity index (χ2n) is 6.20. The number of nitrogens with zero attached hydrogens (tertiary/aromatic N) is 4. The van der Waals surface area contributed by atoms with Crippen molar-refractivity contribution in [2.75, 3.05) is 19.7 Å². The van der Waals surface area contributed by atoms with Crippen LogP contribution >= 0.6 is 11.3 Å². The molecule has 1 amide bonds. The van der Waals surface area contributed by atoms with Crippen molar-refractivity contribution in [2.24, 2.45) is 0 Å². The Kier molecular flexibility index (Phi) is 5.25. The number of amides is 1. The summed E-state index contributed by atoms with van der Waals surface area (Å²) in [5.74, 6) is 1.93. The summed E-state index contributed by atoms with van der Waals surface area (Å²) in [6.45, 7) is 7.82. The van der Waals surface area contributed by atoms with Crippen LogP contribution in [0.1, 0.15) is 55.1 Å². The van der Waals surface area contributed by atoms with E-state index in [0.29, 0.717) is 37.9 Å². The van der Waals surface area contributed by atoms with Crippen molar-refractivity contribution < 1.29 is 9.53 Å². The smallest absolute Gasteiger partial charge is 0.228 e. The molecule has 1 unspecified atom stereocenters. The number of aryl methyl sites for hydroxylation is 1. The molecule has 0 aliphatic carbocycles. The first-order valence-electron chi connectivity index (χ1n) is 8.31. The average molecular weight is 349 g/mol. The van der Waals surface area contributed by atoms with Gasteiger partial charge in [-0.3, -0.25) is 9.89 Å². The molecule has 1 saturated heterocycles. The Bertz CT molecular complexity index is 696. The van der Waals surface area contributed by atoms with Crippen LogP contribution in [0.3, 0.4) is 0 Å². The van der Waals surface area contributed by atoms with Gasteiger partial charge in [0.25, 0.3) is 0 Å². The van der Waals surface area contributed by atoms with Gasteiger partial charge in [0.1, 0.15) is 11.9 Å². The fraction of sp³-hybridized carbons (Fsp3) is 0.625. The maximum absolute atomic E-state index is 12.6. The number of morpholine rings is 1. The lowest BCUT2D eigenvalue weighted by molar-refractivity contribution is -0.138. The van der Waals surface area contributed by atoms with Gasteiger partial charge >= 0.3 is 0 Å². The average Bonchev–Trinajstić information content (AvgIpc) is 3.24. The fourth-order valence-corrected chi connectivity index (χ4v) is 3.41. The van der Waals surface area contributed by atoms with Crippen LogP contribution in [0.4, 0.5) is 0 Å². The normalized spacial score (nSPS) is 18.3. The van der Waals surface area contributed by atoms with Gasteiger partial charge < -0.3 is 9.64 Å². The van der Waals surface area contributed by atoms with E-state index in [9.17, 15) is 4.79 Å². The van der Waals surface area contributed by atoms with E-state index in [-0.39, 0.29) is 12.0 Å². The van der Waals surface area contributed by atoms with Crippen molar-refractivity contribution in [3.05, 3.63) is 27.7 Å². The number of carbonyl (C=O) groups is 1. The standard InChI is InChI=1S/C16H23N5O2S/c1-4-13-18-15(20-19-13)12-8-21(5-6-23-12)14(22)7-11-9-24-16(17-11)10(2)3/h9-10,12H,4-8H2,1-3H3,(H,18,19,20). The number of thiazole rings is 1. The Morgan fingerprint density at radius 1 is 1.50 bits per heavy atom. The molecule has 0 radical (unpaired) electrons. The van der Waals surface area contributed by atoms with Crippen molar-refractivity contribution in [1.82, 2.24) is 25.1 Å². The van der Waals surface area contributed by atoms with E-state index in [2.05, 4.69) is 34.0 Å². The summed E-state index contributed by atoms with van der Waals surface area (Å²) in [4.78, 5) is 23.4. The highest BCUT2D eigenvalue weighted by Gasteiger charge is 2.28. The molecule has 1 aliphatic rings. The lowest BCUT2D eigenvalue weighted by atomic mass is 10.2. The van der Waals surface area contributed by atoms with E-state index in [1.807, 2.05) is 17.2 Å². The predicted octanol–water partition coefficient (Wildman–Crippen LogP) is 2.09. The highest BCUT2D eigenvalue weighted by atomic mass is 32.1. The highest BCUT2D eigenvalue weighted by Crippen LogP contribution is 2.22. The van der Waals surface area contributed by atoms with E-state index in [1.165, 1.54) is 0 Å². The number of aromatic amines is 1. The van der Waals surface area contributed by atoms with Crippen molar-refractivity contribution in [3.63, 3.8) is 0 Å². The second-order valence-corrected chi connectivity index (χ2v) is 7.09. The minimum atomic E-state index is -0.263. The van der Waals surface area contributed by atoms with Crippen molar-refractivity contribution >= 4 is 17.2 Å². The molecular formula is C16H23N5O2S. The monoisotopic (exact) mass is 349 g/mol. The number of hydrogen-bond acceptors (Lipinski definition) is 6. The van der Waals surface area contributed by atoms with Gasteiger partial charge in [-0.1, -0.05) is 20.8 Å². The molecule has 2 aromatic rings. The van der Waals surface area contributed by atoms with Crippen LogP contribution in [0.2, 0.25) is 0 Å². The summed E-state index contributed by atoms with van der Waals surface area (Å²) < 4.78 is 5.74. The van der Waals surface area contributed by atoms with E-state index in [4.69, 9.17) is 4.74 Å². The van der Waals surface area contributed by atoms with Crippen LogP contribution in [0.15, 0.2) is 5.38 Å². The number of ether oxygens (including phenoxy) is 1. The predicted molar refractivity (Wildman–Crippen MR) is 90.9 cm³/mol. The number of nitrogens with one attached hydrogen (secondary N) is 1. The molecule has 1 atom stereocenters. The van der Waals surface area contributed by atoms with Crippen LogP contribution in [-0.2, 0) is 22.4 Å². The maximum atomic E-state index is 12.6. The van der Waals surface area contributed by atoms with E-state index in [1.54, 1.807) is 11.3 Å². The fourth-order valence-electron chi connectivity index (χ4n) is 2.58. The summed E-state index contributed by atoms with van der Waals surface area (Å²) in [5.41, 5.74) is 0.850. The Morgan fingerprint density at radius 2 is 2.33 bits per heavy atom. The van der Waals surface area contributed by atoms with E-state index < -0.39 is 0 Å². The van der Waals surface area contributed by atoms with Crippen molar-refractivity contribution in [3.8, 4) is 0 Å². The van der Waals surface area contributed by atoms with Gasteiger partial charge in [-0.25, -0.2) is 9.97 Å². The molecule has 7 nitrogen and oxygen atoms in total. The zero-order chi connectivity index (χ0) is 17.1. The lowest BCUT2D eigenvalue weighted by Gasteiger charge is -2.31. The summed E-state index contributed by atoms with van der Waals surface area (Å²) in [6, 6.07) is 0. The van der Waals surface area contributed by atoms with Gasteiger partial charge in [0.15, 0.2) is 5.82 Å². The van der Waals surface area contributed by atoms with Crippen LogP contribution in [0.5, 0.6) is 0 Å². The summed E-state index contributed by atoms with van der Waals surface area (Å²) in [5, 5.41) is 10.2. The first-order valence-corrected chi connectivity index (χ1v) is 9.19. The highest BCUT2D eigenvalue weighted by molar-refractivity contribution is 7.09. The Balaban J connectivity index is 1.62. The third-order valence-corrected chi connectivity index (χ3v) is 5.18. The summed E-state index contributed by atoms with van der Waals surface area (Å²) in [6.07, 6.45) is 0.870. The molecule has 3 heterocycles. The first kappa shape index (κ1) is 17.0. The van der Waals surface area contributed by atoms with Crippen molar-refractivity contribution in [1.29, 1.82) is 0 Å². The Morgan fingerprint density at radius 3 is 3.00 bits per heavy atom. The van der Waals surface area contributed by atoms with Gasteiger partial charge in [-0.05, 0) is 0 Å². The third-order valence-electron chi connectivity index (χ3n) is 3.99. The van der Waals surface area contributed by atoms with Gasteiger partial charge in [-0.2, -0.15) is 5.10 Å². The lowest BCUT2D eigenvalue weighted by Crippen LogP contribution is -2.43. The maximum Gasteiger partial charge on any atom is 0.228 e. The number of aromatic nitrogens is 4. The van der Waals surface area contributed by atoms with Crippen LogP contribution in [0.25, 0.3) is 0 Å². The van der Waals surface area contributed by atoms with Crippen LogP contribution in [-0.4, -0.2) is 50.7 Å². The molecule has 0 bridgehead atoms. The van der Waals surface area contributed by atoms with Crippen LogP contribution < -0.4 is 0 Å². The van der Waals surface area contributed by atoms with Gasteiger partial charge in [0.2, 0.25) is 5.91 Å². The zero-order valence-corrected chi connectivity index (χ0v) is 15.1. The number of carbonyl (C=O) groups excluding carboxylic acids is 1. The molecule has 24 heavy (non-hydrogen) atoms. The third kappa shape index (κ3) is 3.81. The topological polar surface area (TPSA) is 84.0 Å².